The second kappa shape index (κ2) is 14.5. The molecule has 0 N–H and O–H groups in total. The third-order valence-corrected chi connectivity index (χ3v) is 4.11. The van der Waals surface area contributed by atoms with E-state index in [1.165, 1.54) is 59.1 Å². The molecule has 23 heavy (non-hydrogen) atoms. The van der Waals surface area contributed by atoms with Gasteiger partial charge in [0, 0.05) is 0 Å². The molecule has 0 nitrogen and oxygen atoms in total. The quantitative estimate of drug-likeness (QED) is 0.384. The van der Waals surface area contributed by atoms with Gasteiger partial charge in [0.25, 0.3) is 0 Å². The van der Waals surface area contributed by atoms with E-state index in [0.29, 0.717) is 0 Å². The molecule has 0 atom stereocenters. The summed E-state index contributed by atoms with van der Waals surface area (Å²) in [5.74, 6) is 0. The van der Waals surface area contributed by atoms with Crippen LogP contribution in [0.3, 0.4) is 0 Å². The Bertz CT molecular complexity index is 475. The summed E-state index contributed by atoms with van der Waals surface area (Å²) in [5, 5.41) is 0. The van der Waals surface area contributed by atoms with Crippen molar-refractivity contribution in [2.24, 2.45) is 0 Å². The van der Waals surface area contributed by atoms with Crippen molar-refractivity contribution < 1.29 is 50.7 Å². The van der Waals surface area contributed by atoms with Crippen molar-refractivity contribution in [1.82, 2.24) is 0 Å². The van der Waals surface area contributed by atoms with Crippen molar-refractivity contribution in [2.45, 2.75) is 67.2 Å². The van der Waals surface area contributed by atoms with Gasteiger partial charge in [0.2, 0.25) is 0 Å². The molecule has 2 rings (SSSR count). The van der Waals surface area contributed by atoms with Crippen LogP contribution in [0.25, 0.3) is 0 Å². The Morgan fingerprint density at radius 2 is 0.957 bits per heavy atom. The van der Waals surface area contributed by atoms with Gasteiger partial charge in [0.1, 0.15) is 0 Å². The van der Waals surface area contributed by atoms with Gasteiger partial charge in [0.15, 0.2) is 0 Å². The van der Waals surface area contributed by atoms with Crippen molar-refractivity contribution in [1.29, 1.82) is 0 Å². The molecular formula is C20H30Cl2Hf. The fourth-order valence-corrected chi connectivity index (χ4v) is 2.67. The van der Waals surface area contributed by atoms with Gasteiger partial charge in [-0.05, 0) is 0 Å². The Kier molecular flexibility index (Phi) is 17.6. The predicted octanol–water partition coefficient (Wildman–Crippen LogP) is -0.317. The molecular weight excluding hydrogens is 490 g/mol. The molecule has 0 aliphatic heterocycles. The zero-order valence-electron chi connectivity index (χ0n) is 15.4. The molecule has 0 saturated heterocycles. The molecule has 0 bridgehead atoms. The fourth-order valence-electron chi connectivity index (χ4n) is 2.67. The summed E-state index contributed by atoms with van der Waals surface area (Å²) >= 11 is 0. The smallest absolute Gasteiger partial charge is 1.00 e. The number of rotatable bonds is 4. The Morgan fingerprint density at radius 1 is 0.652 bits per heavy atom. The van der Waals surface area contributed by atoms with Crippen molar-refractivity contribution >= 4 is 0 Å². The van der Waals surface area contributed by atoms with E-state index in [2.05, 4.69) is 65.8 Å². The summed E-state index contributed by atoms with van der Waals surface area (Å²) in [6, 6.07) is 9.21. The molecule has 2 aromatic carbocycles. The van der Waals surface area contributed by atoms with E-state index in [9.17, 15) is 0 Å². The standard InChI is InChI=1S/2C10H15.2ClH.Hf/c2*1-4-9-6-8(3)10(5-2)7-9;;;/h2*6-7H,4-5H2,1-3H3;2*1H;/q2*-1;;;+4/p-2. The first kappa shape index (κ1) is 28.0. The molecule has 3 heteroatoms. The first-order valence-electron chi connectivity index (χ1n) is 8.05. The molecule has 0 amide bonds. The number of hydrogen-bond donors (Lipinski definition) is 0. The summed E-state index contributed by atoms with van der Waals surface area (Å²) in [4.78, 5) is 0. The van der Waals surface area contributed by atoms with Crippen molar-refractivity contribution in [3.05, 3.63) is 57.6 Å². The van der Waals surface area contributed by atoms with Gasteiger partial charge < -0.3 is 24.8 Å². The zero-order chi connectivity index (χ0) is 15.1. The summed E-state index contributed by atoms with van der Waals surface area (Å²) in [7, 11) is 0. The Morgan fingerprint density at radius 3 is 1.09 bits per heavy atom. The van der Waals surface area contributed by atoms with Crippen LogP contribution in [-0.4, -0.2) is 0 Å². The minimum absolute atomic E-state index is 0. The van der Waals surface area contributed by atoms with Crippen LogP contribution in [0, 0.1) is 13.8 Å². The molecule has 0 aliphatic rings. The van der Waals surface area contributed by atoms with Gasteiger partial charge in [0.05, 0.1) is 0 Å². The predicted molar refractivity (Wildman–Crippen MR) is 91.1 cm³/mol. The molecule has 0 spiro atoms. The minimum Gasteiger partial charge on any atom is -1.00 e. The van der Waals surface area contributed by atoms with Gasteiger partial charge in [-0.2, -0.15) is 45.5 Å². The third kappa shape index (κ3) is 8.70. The van der Waals surface area contributed by atoms with Crippen molar-refractivity contribution in [3.8, 4) is 0 Å². The maximum absolute atomic E-state index is 2.31. The average molecular weight is 520 g/mol. The molecule has 0 radical (unpaired) electrons. The van der Waals surface area contributed by atoms with E-state index < -0.39 is 0 Å². The van der Waals surface area contributed by atoms with Gasteiger partial charge in [-0.3, -0.25) is 0 Å². The summed E-state index contributed by atoms with van der Waals surface area (Å²) < 4.78 is 0. The van der Waals surface area contributed by atoms with Crippen LogP contribution in [0.5, 0.6) is 0 Å². The van der Waals surface area contributed by atoms with Gasteiger partial charge >= 0.3 is 25.8 Å². The number of hydrogen-bond acceptors (Lipinski definition) is 0. The second-order valence-corrected chi connectivity index (χ2v) is 5.56. The van der Waals surface area contributed by atoms with E-state index >= 15 is 0 Å². The topological polar surface area (TPSA) is 0 Å². The Balaban J connectivity index is -0.000000308. The first-order chi connectivity index (χ1) is 9.55. The first-order valence-corrected chi connectivity index (χ1v) is 8.05. The molecule has 0 aliphatic carbocycles. The monoisotopic (exact) mass is 520 g/mol. The molecule has 2 aromatic rings. The van der Waals surface area contributed by atoms with Crippen LogP contribution < -0.4 is 24.8 Å². The third-order valence-electron chi connectivity index (χ3n) is 4.11. The van der Waals surface area contributed by atoms with Crippen LogP contribution in [0.15, 0.2) is 24.3 Å². The molecule has 0 unspecified atom stereocenters. The largest absolute Gasteiger partial charge is 4.00 e. The summed E-state index contributed by atoms with van der Waals surface area (Å²) in [6.07, 6.45) is 4.68. The Labute approximate surface area is 174 Å². The molecule has 0 heterocycles. The van der Waals surface area contributed by atoms with Crippen molar-refractivity contribution in [3.63, 3.8) is 0 Å². The number of halogens is 2. The molecule has 0 fully saturated rings. The normalized spacial score (nSPS) is 8.96. The Hall–Kier alpha value is 0.150. The van der Waals surface area contributed by atoms with Gasteiger partial charge in [-0.1, -0.05) is 67.2 Å². The van der Waals surface area contributed by atoms with Crippen LogP contribution in [0.4, 0.5) is 0 Å². The van der Waals surface area contributed by atoms with E-state index in [4.69, 9.17) is 0 Å². The average Bonchev–Trinajstić information content (AvgIpc) is 3.01. The SMILES string of the molecule is CCc1cc(CC)[c-](C)c1.CCc1cc(CC)[c-](C)c1.[Cl-].[Cl-].[Hf+4]. The molecule has 0 aromatic heterocycles. The fraction of sp³-hybridized carbons (Fsp3) is 0.500. The summed E-state index contributed by atoms with van der Waals surface area (Å²) in [6.45, 7) is 13.2. The second-order valence-electron chi connectivity index (χ2n) is 5.56. The van der Waals surface area contributed by atoms with E-state index in [-0.39, 0.29) is 50.7 Å². The summed E-state index contributed by atoms with van der Waals surface area (Å²) in [5.41, 5.74) is 8.90. The van der Waals surface area contributed by atoms with Crippen molar-refractivity contribution in [2.75, 3.05) is 0 Å². The van der Waals surface area contributed by atoms with Crippen LogP contribution in [-0.2, 0) is 51.5 Å². The van der Waals surface area contributed by atoms with Gasteiger partial charge in [-0.15, -0.1) is 0 Å². The molecule has 128 valence electrons. The van der Waals surface area contributed by atoms with E-state index in [0.717, 1.165) is 0 Å². The molecule has 0 saturated carbocycles. The maximum Gasteiger partial charge on any atom is 4.00 e. The maximum atomic E-state index is 2.31. The van der Waals surface area contributed by atoms with E-state index in [1.54, 1.807) is 0 Å². The zero-order valence-corrected chi connectivity index (χ0v) is 20.5. The van der Waals surface area contributed by atoms with E-state index in [1.807, 2.05) is 0 Å². The van der Waals surface area contributed by atoms with Crippen LogP contribution >= 0.6 is 0 Å². The number of aryl methyl sites for hydroxylation is 6. The van der Waals surface area contributed by atoms with Gasteiger partial charge in [-0.25, -0.2) is 12.1 Å². The van der Waals surface area contributed by atoms with Crippen LogP contribution in [0.1, 0.15) is 61.1 Å². The van der Waals surface area contributed by atoms with Crippen LogP contribution in [0.2, 0.25) is 0 Å². The minimum atomic E-state index is 0.